The molecule has 2 rings (SSSR count). The van der Waals surface area contributed by atoms with Gasteiger partial charge in [-0.2, -0.15) is 0 Å². The molecule has 0 amide bonds. The second-order valence-electron chi connectivity index (χ2n) is 3.71. The van der Waals surface area contributed by atoms with E-state index in [9.17, 15) is 15.2 Å². The SMILES string of the molecule is O=[N+]([O-])c1c(Cl)cccc1Oc1ccccc1CO. The lowest BCUT2D eigenvalue weighted by Gasteiger charge is -2.10. The van der Waals surface area contributed by atoms with Crippen molar-refractivity contribution in [1.82, 2.24) is 0 Å². The van der Waals surface area contributed by atoms with Gasteiger partial charge < -0.3 is 9.84 Å². The number of nitro benzene ring substituents is 1. The molecular weight excluding hydrogens is 270 g/mol. The Morgan fingerprint density at radius 1 is 1.16 bits per heavy atom. The number of hydrogen-bond donors (Lipinski definition) is 1. The van der Waals surface area contributed by atoms with Gasteiger partial charge in [0.1, 0.15) is 10.8 Å². The molecule has 0 spiro atoms. The molecule has 0 fully saturated rings. The number of rotatable bonds is 4. The summed E-state index contributed by atoms with van der Waals surface area (Å²) in [5.41, 5.74) is 0.244. The van der Waals surface area contributed by atoms with Crippen LogP contribution in [-0.2, 0) is 6.61 Å². The molecule has 2 aromatic rings. The van der Waals surface area contributed by atoms with E-state index < -0.39 is 4.92 Å². The van der Waals surface area contributed by atoms with Gasteiger partial charge in [0.15, 0.2) is 0 Å². The number of nitro groups is 1. The highest BCUT2D eigenvalue weighted by Crippen LogP contribution is 2.37. The van der Waals surface area contributed by atoms with Crippen molar-refractivity contribution in [2.75, 3.05) is 0 Å². The van der Waals surface area contributed by atoms with E-state index >= 15 is 0 Å². The Kier molecular flexibility index (Phi) is 3.99. The number of aliphatic hydroxyl groups is 1. The van der Waals surface area contributed by atoms with Gasteiger partial charge in [0, 0.05) is 5.56 Å². The number of benzene rings is 2. The molecule has 0 atom stereocenters. The minimum Gasteiger partial charge on any atom is -0.450 e. The lowest BCUT2D eigenvalue weighted by atomic mass is 10.2. The van der Waals surface area contributed by atoms with Gasteiger partial charge >= 0.3 is 5.69 Å². The van der Waals surface area contributed by atoms with E-state index in [1.165, 1.54) is 12.1 Å². The molecule has 0 unspecified atom stereocenters. The third kappa shape index (κ3) is 2.83. The van der Waals surface area contributed by atoms with Crippen LogP contribution in [0.3, 0.4) is 0 Å². The molecule has 0 aromatic heterocycles. The number of hydrogen-bond acceptors (Lipinski definition) is 4. The Labute approximate surface area is 114 Å². The summed E-state index contributed by atoms with van der Waals surface area (Å²) >= 11 is 5.79. The van der Waals surface area contributed by atoms with E-state index in [0.717, 1.165) is 0 Å². The Morgan fingerprint density at radius 2 is 1.84 bits per heavy atom. The number of para-hydroxylation sites is 2. The molecule has 1 N–H and O–H groups in total. The topological polar surface area (TPSA) is 72.6 Å². The first-order chi connectivity index (χ1) is 9.13. The maximum atomic E-state index is 11.0. The molecule has 0 saturated heterocycles. The first kappa shape index (κ1) is 13.3. The molecule has 98 valence electrons. The van der Waals surface area contributed by atoms with E-state index in [1.54, 1.807) is 30.3 Å². The summed E-state index contributed by atoms with van der Waals surface area (Å²) in [5, 5.41) is 20.2. The molecule has 6 heteroatoms. The van der Waals surface area contributed by atoms with Crippen molar-refractivity contribution in [2.45, 2.75) is 6.61 Å². The van der Waals surface area contributed by atoms with Gasteiger partial charge in [0.2, 0.25) is 5.75 Å². The maximum Gasteiger partial charge on any atom is 0.329 e. The minimum absolute atomic E-state index is 0.00368. The third-order valence-corrected chi connectivity index (χ3v) is 2.80. The summed E-state index contributed by atoms with van der Waals surface area (Å²) in [6, 6.07) is 11.2. The summed E-state index contributed by atoms with van der Waals surface area (Å²) in [6.07, 6.45) is 0. The molecule has 0 heterocycles. The number of nitrogens with zero attached hydrogens (tertiary/aromatic N) is 1. The summed E-state index contributed by atoms with van der Waals surface area (Å²) < 4.78 is 5.49. The van der Waals surface area contributed by atoms with Crippen molar-refractivity contribution in [3.63, 3.8) is 0 Å². The fourth-order valence-electron chi connectivity index (χ4n) is 1.61. The van der Waals surface area contributed by atoms with Crippen molar-refractivity contribution in [3.05, 3.63) is 63.2 Å². The number of ether oxygens (including phenoxy) is 1. The smallest absolute Gasteiger partial charge is 0.329 e. The van der Waals surface area contributed by atoms with Crippen LogP contribution in [0.5, 0.6) is 11.5 Å². The van der Waals surface area contributed by atoms with Crippen LogP contribution in [0.15, 0.2) is 42.5 Å². The highest BCUT2D eigenvalue weighted by atomic mass is 35.5. The number of aliphatic hydroxyl groups excluding tert-OH is 1. The second kappa shape index (κ2) is 5.69. The average molecular weight is 280 g/mol. The Bertz CT molecular complexity index is 615. The van der Waals surface area contributed by atoms with Crippen molar-refractivity contribution < 1.29 is 14.8 Å². The van der Waals surface area contributed by atoms with E-state index in [2.05, 4.69) is 0 Å². The van der Waals surface area contributed by atoms with Gasteiger partial charge in [-0.1, -0.05) is 35.9 Å². The first-order valence-corrected chi connectivity index (χ1v) is 5.81. The Hall–Kier alpha value is -2.11. The van der Waals surface area contributed by atoms with Crippen LogP contribution in [0.2, 0.25) is 5.02 Å². The molecule has 0 aliphatic carbocycles. The third-order valence-electron chi connectivity index (χ3n) is 2.50. The predicted octanol–water partition coefficient (Wildman–Crippen LogP) is 3.53. The van der Waals surface area contributed by atoms with Crippen molar-refractivity contribution in [3.8, 4) is 11.5 Å². The molecule has 0 saturated carbocycles. The van der Waals surface area contributed by atoms with E-state index in [0.29, 0.717) is 11.3 Å². The summed E-state index contributed by atoms with van der Waals surface area (Å²) in [5.74, 6) is 0.397. The van der Waals surface area contributed by atoms with Crippen molar-refractivity contribution in [1.29, 1.82) is 0 Å². The van der Waals surface area contributed by atoms with Gasteiger partial charge in [-0.3, -0.25) is 10.1 Å². The van der Waals surface area contributed by atoms with Crippen LogP contribution in [0.1, 0.15) is 5.56 Å². The maximum absolute atomic E-state index is 11.0. The largest absolute Gasteiger partial charge is 0.450 e. The van der Waals surface area contributed by atoms with Gasteiger partial charge in [-0.25, -0.2) is 0 Å². The van der Waals surface area contributed by atoms with E-state index in [-0.39, 0.29) is 23.1 Å². The van der Waals surface area contributed by atoms with Gasteiger partial charge in [0.05, 0.1) is 11.5 Å². The Balaban J connectivity index is 2.44. The lowest BCUT2D eigenvalue weighted by Crippen LogP contribution is -1.96. The lowest BCUT2D eigenvalue weighted by molar-refractivity contribution is -0.385. The quantitative estimate of drug-likeness (QED) is 0.686. The molecule has 5 nitrogen and oxygen atoms in total. The number of halogens is 1. The molecule has 0 aliphatic rings. The standard InChI is InChI=1S/C13H10ClNO4/c14-10-5-3-7-12(13(10)15(17)18)19-11-6-2-1-4-9(11)8-16/h1-7,16H,8H2. The fraction of sp³-hybridized carbons (Fsp3) is 0.0769. The van der Waals surface area contributed by atoms with Crippen LogP contribution < -0.4 is 4.74 Å². The van der Waals surface area contributed by atoms with Crippen LogP contribution in [0.4, 0.5) is 5.69 Å². The molecule has 0 bridgehead atoms. The summed E-state index contributed by atoms with van der Waals surface area (Å²) in [6.45, 7) is -0.218. The average Bonchev–Trinajstić information content (AvgIpc) is 2.39. The van der Waals surface area contributed by atoms with E-state index in [1.807, 2.05) is 0 Å². The highest BCUT2D eigenvalue weighted by Gasteiger charge is 2.20. The molecular formula is C13H10ClNO4. The zero-order chi connectivity index (χ0) is 13.8. The van der Waals surface area contributed by atoms with Crippen molar-refractivity contribution >= 4 is 17.3 Å². The van der Waals surface area contributed by atoms with Gasteiger partial charge in [0.25, 0.3) is 0 Å². The highest BCUT2D eigenvalue weighted by molar-refractivity contribution is 6.32. The van der Waals surface area contributed by atoms with Gasteiger partial charge in [-0.05, 0) is 18.2 Å². The van der Waals surface area contributed by atoms with Gasteiger partial charge in [-0.15, -0.1) is 0 Å². The summed E-state index contributed by atoms with van der Waals surface area (Å²) in [4.78, 5) is 10.4. The van der Waals surface area contributed by atoms with Crippen LogP contribution in [0.25, 0.3) is 0 Å². The first-order valence-electron chi connectivity index (χ1n) is 5.43. The Morgan fingerprint density at radius 3 is 2.53 bits per heavy atom. The normalized spacial score (nSPS) is 10.2. The van der Waals surface area contributed by atoms with Crippen LogP contribution in [-0.4, -0.2) is 10.0 Å². The monoisotopic (exact) mass is 279 g/mol. The van der Waals surface area contributed by atoms with Crippen LogP contribution >= 0.6 is 11.6 Å². The predicted molar refractivity (Wildman–Crippen MR) is 70.5 cm³/mol. The molecule has 19 heavy (non-hydrogen) atoms. The molecule has 0 aliphatic heterocycles. The molecule has 2 aromatic carbocycles. The molecule has 0 radical (unpaired) electrons. The van der Waals surface area contributed by atoms with Crippen LogP contribution in [0, 0.1) is 10.1 Å². The minimum atomic E-state index is -0.598. The zero-order valence-corrected chi connectivity index (χ0v) is 10.5. The van der Waals surface area contributed by atoms with Crippen molar-refractivity contribution in [2.24, 2.45) is 0 Å². The summed E-state index contributed by atoms with van der Waals surface area (Å²) in [7, 11) is 0. The zero-order valence-electron chi connectivity index (χ0n) is 9.75. The fourth-order valence-corrected chi connectivity index (χ4v) is 1.84. The second-order valence-corrected chi connectivity index (χ2v) is 4.12. The van der Waals surface area contributed by atoms with E-state index in [4.69, 9.17) is 16.3 Å².